The van der Waals surface area contributed by atoms with Crippen LogP contribution in [-0.2, 0) is 4.74 Å². The van der Waals surface area contributed by atoms with Crippen LogP contribution in [0.2, 0.25) is 0 Å². The minimum absolute atomic E-state index is 0.0643. The Labute approximate surface area is 95.1 Å². The van der Waals surface area contributed by atoms with Gasteiger partial charge in [-0.2, -0.15) is 0 Å². The first-order valence-corrected chi connectivity index (χ1v) is 5.74. The average Bonchev–Trinajstić information content (AvgIpc) is 2.80. The molecule has 1 fully saturated rings. The lowest BCUT2D eigenvalue weighted by atomic mass is 10.1. The number of fused-ring (bicyclic) bond motifs is 1. The molecule has 2 rings (SSSR count). The highest BCUT2D eigenvalue weighted by atomic mass is 16.5. The van der Waals surface area contributed by atoms with Crippen LogP contribution in [0, 0.1) is 0 Å². The third kappa shape index (κ3) is 2.20. The van der Waals surface area contributed by atoms with Crippen molar-refractivity contribution in [2.45, 2.75) is 25.5 Å². The van der Waals surface area contributed by atoms with Crippen LogP contribution in [0.5, 0.6) is 0 Å². The van der Waals surface area contributed by atoms with Crippen molar-refractivity contribution in [1.29, 1.82) is 0 Å². The second kappa shape index (κ2) is 4.84. The lowest BCUT2D eigenvalue weighted by Crippen LogP contribution is -2.34. The van der Waals surface area contributed by atoms with E-state index in [9.17, 15) is 9.90 Å². The van der Waals surface area contributed by atoms with Gasteiger partial charge in [-0.15, -0.1) is 0 Å². The Morgan fingerprint density at radius 2 is 2.56 bits per heavy atom. The second-order valence-corrected chi connectivity index (χ2v) is 4.18. The van der Waals surface area contributed by atoms with Crippen LogP contribution < -0.4 is 5.32 Å². The number of ether oxygens (including phenoxy) is 1. The summed E-state index contributed by atoms with van der Waals surface area (Å²) in [7, 11) is 0. The quantitative estimate of drug-likeness (QED) is 0.670. The standard InChI is InChI=1S/C11H18N2O3/c1-2-12-11(15)16-7-8-3-5-13-6-4-9(14)10(8)13/h3,9-10,14H,2,4-7H2,1H3,(H,12,15)/t9-,10-/m1/s1. The zero-order valence-electron chi connectivity index (χ0n) is 9.48. The molecule has 0 saturated carbocycles. The van der Waals surface area contributed by atoms with Gasteiger partial charge in [-0.25, -0.2) is 4.79 Å². The number of aliphatic hydroxyl groups is 1. The average molecular weight is 226 g/mol. The van der Waals surface area contributed by atoms with E-state index in [-0.39, 0.29) is 18.8 Å². The number of hydrogen-bond acceptors (Lipinski definition) is 4. The van der Waals surface area contributed by atoms with Crippen LogP contribution in [0.25, 0.3) is 0 Å². The lowest BCUT2D eigenvalue weighted by molar-refractivity contribution is 0.127. The topological polar surface area (TPSA) is 61.8 Å². The Bertz CT molecular complexity index is 304. The van der Waals surface area contributed by atoms with E-state index < -0.39 is 6.09 Å². The van der Waals surface area contributed by atoms with Crippen molar-refractivity contribution in [1.82, 2.24) is 10.2 Å². The van der Waals surface area contributed by atoms with Crippen molar-refractivity contribution in [2.75, 3.05) is 26.2 Å². The highest BCUT2D eigenvalue weighted by Gasteiger charge is 2.38. The van der Waals surface area contributed by atoms with Gasteiger partial charge in [0.1, 0.15) is 6.61 Å². The van der Waals surface area contributed by atoms with Crippen molar-refractivity contribution in [3.63, 3.8) is 0 Å². The molecule has 2 heterocycles. The third-order valence-electron chi connectivity index (χ3n) is 3.13. The molecule has 5 heteroatoms. The summed E-state index contributed by atoms with van der Waals surface area (Å²) in [5.74, 6) is 0. The molecular weight excluding hydrogens is 208 g/mol. The Balaban J connectivity index is 1.84. The van der Waals surface area contributed by atoms with Crippen LogP contribution in [0.4, 0.5) is 4.79 Å². The molecule has 0 aromatic rings. The van der Waals surface area contributed by atoms with Crippen LogP contribution in [0.3, 0.4) is 0 Å². The Morgan fingerprint density at radius 1 is 1.75 bits per heavy atom. The molecule has 90 valence electrons. The summed E-state index contributed by atoms with van der Waals surface area (Å²) in [5, 5.41) is 12.4. The number of carbonyl (C=O) groups is 1. The molecule has 1 amide bonds. The molecular formula is C11H18N2O3. The molecule has 2 aliphatic heterocycles. The Hall–Kier alpha value is -1.07. The highest BCUT2D eigenvalue weighted by molar-refractivity contribution is 5.67. The fraction of sp³-hybridized carbons (Fsp3) is 0.727. The molecule has 0 aliphatic carbocycles. The van der Waals surface area contributed by atoms with Gasteiger partial charge in [-0.1, -0.05) is 6.08 Å². The first-order valence-electron chi connectivity index (χ1n) is 5.74. The van der Waals surface area contributed by atoms with Gasteiger partial charge >= 0.3 is 6.09 Å². The van der Waals surface area contributed by atoms with Crippen LogP contribution >= 0.6 is 0 Å². The molecule has 0 aromatic heterocycles. The van der Waals surface area contributed by atoms with E-state index in [0.29, 0.717) is 6.54 Å². The zero-order valence-corrected chi connectivity index (χ0v) is 9.48. The number of alkyl carbamates (subject to hydrolysis) is 1. The predicted molar refractivity (Wildman–Crippen MR) is 59.1 cm³/mol. The predicted octanol–water partition coefficient (Wildman–Crippen LogP) is 0.108. The largest absolute Gasteiger partial charge is 0.445 e. The summed E-state index contributed by atoms with van der Waals surface area (Å²) in [4.78, 5) is 13.3. The highest BCUT2D eigenvalue weighted by Crippen LogP contribution is 2.28. The number of nitrogens with zero attached hydrogens (tertiary/aromatic N) is 1. The van der Waals surface area contributed by atoms with Gasteiger partial charge in [-0.05, 0) is 18.9 Å². The number of rotatable bonds is 3. The van der Waals surface area contributed by atoms with E-state index in [1.807, 2.05) is 13.0 Å². The maximum atomic E-state index is 11.1. The number of carbonyl (C=O) groups excluding carboxylic acids is 1. The molecule has 0 bridgehead atoms. The number of amides is 1. The Kier molecular flexibility index (Phi) is 3.46. The minimum atomic E-state index is -0.394. The van der Waals surface area contributed by atoms with E-state index in [0.717, 1.165) is 25.1 Å². The Morgan fingerprint density at radius 3 is 3.31 bits per heavy atom. The van der Waals surface area contributed by atoms with Crippen LogP contribution in [0.1, 0.15) is 13.3 Å². The van der Waals surface area contributed by atoms with Gasteiger partial charge in [0.05, 0.1) is 12.1 Å². The van der Waals surface area contributed by atoms with Gasteiger partial charge in [0, 0.05) is 19.6 Å². The first kappa shape index (κ1) is 11.4. The molecule has 0 unspecified atom stereocenters. The number of aliphatic hydroxyl groups excluding tert-OH is 1. The van der Waals surface area contributed by atoms with Crippen molar-refractivity contribution < 1.29 is 14.6 Å². The van der Waals surface area contributed by atoms with Gasteiger partial charge in [0.25, 0.3) is 0 Å². The van der Waals surface area contributed by atoms with E-state index in [4.69, 9.17) is 4.74 Å². The molecule has 16 heavy (non-hydrogen) atoms. The minimum Gasteiger partial charge on any atom is -0.445 e. The van der Waals surface area contributed by atoms with Crippen LogP contribution in [0.15, 0.2) is 11.6 Å². The fourth-order valence-corrected chi connectivity index (χ4v) is 2.37. The van der Waals surface area contributed by atoms with Gasteiger partial charge < -0.3 is 15.2 Å². The van der Waals surface area contributed by atoms with Gasteiger partial charge in [0.15, 0.2) is 0 Å². The van der Waals surface area contributed by atoms with Crippen molar-refractivity contribution in [2.24, 2.45) is 0 Å². The first-order chi connectivity index (χ1) is 7.72. The molecule has 2 atom stereocenters. The lowest BCUT2D eigenvalue weighted by Gasteiger charge is -2.20. The molecule has 2 aliphatic rings. The van der Waals surface area contributed by atoms with E-state index in [1.165, 1.54) is 0 Å². The molecule has 0 aromatic carbocycles. The summed E-state index contributed by atoms with van der Waals surface area (Å²) in [6, 6.07) is 0.0643. The molecule has 1 saturated heterocycles. The number of hydrogen-bond donors (Lipinski definition) is 2. The molecule has 0 spiro atoms. The van der Waals surface area contributed by atoms with E-state index in [2.05, 4.69) is 10.2 Å². The SMILES string of the molecule is CCNC(=O)OCC1=CCN2CC[C@@H](O)[C@@H]12. The summed E-state index contributed by atoms with van der Waals surface area (Å²) < 4.78 is 5.07. The normalized spacial score (nSPS) is 28.8. The second-order valence-electron chi connectivity index (χ2n) is 4.18. The summed E-state index contributed by atoms with van der Waals surface area (Å²) in [6.45, 7) is 4.47. The number of nitrogens with one attached hydrogen (secondary N) is 1. The van der Waals surface area contributed by atoms with Crippen LogP contribution in [-0.4, -0.2) is 54.5 Å². The van der Waals surface area contributed by atoms with Crippen molar-refractivity contribution >= 4 is 6.09 Å². The van der Waals surface area contributed by atoms with Gasteiger partial charge in [0.2, 0.25) is 0 Å². The van der Waals surface area contributed by atoms with Crippen molar-refractivity contribution in [3.8, 4) is 0 Å². The monoisotopic (exact) mass is 226 g/mol. The molecule has 5 nitrogen and oxygen atoms in total. The fourth-order valence-electron chi connectivity index (χ4n) is 2.37. The summed E-state index contributed by atoms with van der Waals surface area (Å²) >= 11 is 0. The molecule has 0 radical (unpaired) electrons. The smallest absolute Gasteiger partial charge is 0.407 e. The zero-order chi connectivity index (χ0) is 11.5. The van der Waals surface area contributed by atoms with Crippen molar-refractivity contribution in [3.05, 3.63) is 11.6 Å². The van der Waals surface area contributed by atoms with E-state index in [1.54, 1.807) is 0 Å². The third-order valence-corrected chi connectivity index (χ3v) is 3.13. The van der Waals surface area contributed by atoms with Gasteiger partial charge in [-0.3, -0.25) is 4.90 Å². The summed E-state index contributed by atoms with van der Waals surface area (Å²) in [6.07, 6.45) is 2.15. The molecule has 2 N–H and O–H groups in total. The van der Waals surface area contributed by atoms with E-state index >= 15 is 0 Å². The summed E-state index contributed by atoms with van der Waals surface area (Å²) in [5.41, 5.74) is 1.02. The maximum Gasteiger partial charge on any atom is 0.407 e. The maximum absolute atomic E-state index is 11.1.